The fourth-order valence-corrected chi connectivity index (χ4v) is 5.43. The van der Waals surface area contributed by atoms with E-state index in [4.69, 9.17) is 0 Å². The van der Waals surface area contributed by atoms with E-state index >= 15 is 0 Å². The van der Waals surface area contributed by atoms with Crippen LogP contribution in [-0.2, 0) is 0 Å². The summed E-state index contributed by atoms with van der Waals surface area (Å²) in [4.78, 5) is 0. The lowest BCUT2D eigenvalue weighted by Gasteiger charge is -2.45. The first kappa shape index (κ1) is 17.7. The minimum Gasteiger partial charge on any atom is -0.324 e. The molecule has 3 heteroatoms. The zero-order valence-electron chi connectivity index (χ0n) is 15.7. The summed E-state index contributed by atoms with van der Waals surface area (Å²) in [7, 11) is 4.74. The van der Waals surface area contributed by atoms with Crippen LogP contribution in [0, 0.1) is 17.6 Å². The van der Waals surface area contributed by atoms with Gasteiger partial charge in [0.15, 0.2) is 0 Å². The monoisotopic (exact) mass is 356 g/mol. The molecule has 0 spiro atoms. The maximum absolute atomic E-state index is 13.9. The number of benzene rings is 2. The number of nitrogens with zero attached hydrogens (tertiary/aromatic N) is 1. The lowest BCUT2D eigenvalue weighted by Crippen LogP contribution is -2.54. The van der Waals surface area contributed by atoms with Crippen molar-refractivity contribution in [3.8, 4) is 0 Å². The molecular weight excluding hydrogens is 328 g/mol. The fourth-order valence-electron chi connectivity index (χ4n) is 5.43. The first-order valence-electron chi connectivity index (χ1n) is 9.77. The maximum Gasteiger partial charge on any atom is 0.123 e. The van der Waals surface area contributed by atoms with Gasteiger partial charge in [-0.1, -0.05) is 24.3 Å². The third-order valence-corrected chi connectivity index (χ3v) is 7.00. The summed E-state index contributed by atoms with van der Waals surface area (Å²) in [5, 5.41) is 0. The Labute approximate surface area is 155 Å². The van der Waals surface area contributed by atoms with E-state index < -0.39 is 0 Å². The van der Waals surface area contributed by atoms with Gasteiger partial charge in [0.25, 0.3) is 0 Å². The summed E-state index contributed by atoms with van der Waals surface area (Å²) < 4.78 is 28.9. The first-order chi connectivity index (χ1) is 12.4. The van der Waals surface area contributed by atoms with Crippen LogP contribution in [0.5, 0.6) is 0 Å². The Bertz CT molecular complexity index is 724. The molecule has 138 valence electrons. The van der Waals surface area contributed by atoms with Crippen molar-refractivity contribution in [1.82, 2.24) is 0 Å². The molecule has 2 aromatic carbocycles. The molecule has 2 bridgehead atoms. The third kappa shape index (κ3) is 3.29. The zero-order chi connectivity index (χ0) is 18.3. The van der Waals surface area contributed by atoms with Crippen molar-refractivity contribution < 1.29 is 13.3 Å². The van der Waals surface area contributed by atoms with Gasteiger partial charge in [-0.3, -0.25) is 0 Å². The van der Waals surface area contributed by atoms with Crippen molar-refractivity contribution in [1.29, 1.82) is 0 Å². The molecule has 0 N–H and O–H groups in total. The molecular formula is C23H28F2N+. The van der Waals surface area contributed by atoms with Crippen molar-refractivity contribution in [2.75, 3.05) is 14.1 Å². The van der Waals surface area contributed by atoms with Crippen LogP contribution < -0.4 is 0 Å². The number of fused-ring (bicyclic) bond motifs is 2. The van der Waals surface area contributed by atoms with Crippen molar-refractivity contribution in [2.45, 2.75) is 50.1 Å². The molecule has 1 nitrogen and oxygen atoms in total. The van der Waals surface area contributed by atoms with E-state index in [1.807, 2.05) is 12.1 Å². The van der Waals surface area contributed by atoms with Crippen LogP contribution in [0.2, 0.25) is 0 Å². The van der Waals surface area contributed by atoms with Gasteiger partial charge in [-0.25, -0.2) is 8.78 Å². The number of piperidine rings is 1. The number of rotatable bonds is 4. The van der Waals surface area contributed by atoms with Gasteiger partial charge in [0, 0.05) is 31.6 Å². The molecule has 0 radical (unpaired) electrons. The average Bonchev–Trinajstić information content (AvgIpc) is 2.77. The highest BCUT2D eigenvalue weighted by atomic mass is 19.1. The Morgan fingerprint density at radius 3 is 1.85 bits per heavy atom. The highest BCUT2D eigenvalue weighted by Gasteiger charge is 2.49. The molecule has 0 unspecified atom stereocenters. The van der Waals surface area contributed by atoms with Crippen LogP contribution in [0.25, 0.3) is 0 Å². The first-order valence-corrected chi connectivity index (χ1v) is 9.77. The smallest absolute Gasteiger partial charge is 0.123 e. The predicted octanol–water partition coefficient (Wildman–Crippen LogP) is 5.50. The van der Waals surface area contributed by atoms with Crippen LogP contribution in [0.1, 0.15) is 49.1 Å². The topological polar surface area (TPSA) is 0 Å². The van der Waals surface area contributed by atoms with Crippen LogP contribution in [0.4, 0.5) is 8.78 Å². The van der Waals surface area contributed by atoms with Crippen molar-refractivity contribution >= 4 is 0 Å². The molecule has 26 heavy (non-hydrogen) atoms. The maximum atomic E-state index is 13.9. The molecule has 2 atom stereocenters. The van der Waals surface area contributed by atoms with Crippen LogP contribution in [-0.4, -0.2) is 30.7 Å². The van der Waals surface area contributed by atoms with Gasteiger partial charge < -0.3 is 4.48 Å². The van der Waals surface area contributed by atoms with E-state index in [9.17, 15) is 8.78 Å². The van der Waals surface area contributed by atoms with E-state index in [2.05, 4.69) is 14.1 Å². The quantitative estimate of drug-likeness (QED) is 0.634. The second-order valence-electron chi connectivity index (χ2n) is 8.75. The normalized spacial score (nSPS) is 27.0. The predicted molar refractivity (Wildman–Crippen MR) is 101 cm³/mol. The largest absolute Gasteiger partial charge is 0.324 e. The van der Waals surface area contributed by atoms with Gasteiger partial charge in [0.05, 0.1) is 26.2 Å². The summed E-state index contributed by atoms with van der Waals surface area (Å²) in [5.74, 6) is 0.241. The molecule has 0 saturated carbocycles. The Kier molecular flexibility index (Phi) is 4.60. The molecule has 0 aromatic heterocycles. The second-order valence-corrected chi connectivity index (χ2v) is 8.75. The van der Waals surface area contributed by atoms with E-state index in [0.29, 0.717) is 5.92 Å². The van der Waals surface area contributed by atoms with Gasteiger partial charge in [-0.05, 0) is 47.7 Å². The summed E-state index contributed by atoms with van der Waals surface area (Å²) >= 11 is 0. The van der Waals surface area contributed by atoms with Crippen molar-refractivity contribution in [3.05, 3.63) is 71.3 Å². The molecule has 2 saturated heterocycles. The van der Waals surface area contributed by atoms with E-state index in [0.717, 1.165) is 34.1 Å². The highest BCUT2D eigenvalue weighted by Crippen LogP contribution is 2.46. The van der Waals surface area contributed by atoms with E-state index in [1.165, 1.54) is 37.8 Å². The van der Waals surface area contributed by atoms with Gasteiger partial charge in [-0.2, -0.15) is 0 Å². The Balaban J connectivity index is 1.62. The van der Waals surface area contributed by atoms with E-state index in [1.54, 1.807) is 24.3 Å². The molecule has 2 aliphatic rings. The van der Waals surface area contributed by atoms with Gasteiger partial charge in [-0.15, -0.1) is 0 Å². The van der Waals surface area contributed by atoms with Gasteiger partial charge in [0.1, 0.15) is 11.6 Å². The number of hydrogen-bond donors (Lipinski definition) is 0. The van der Waals surface area contributed by atoms with Crippen LogP contribution in [0.15, 0.2) is 48.5 Å². The molecule has 2 aliphatic heterocycles. The summed E-state index contributed by atoms with van der Waals surface area (Å²) in [5.41, 5.74) is 1.92. The molecule has 4 rings (SSSR count). The minimum atomic E-state index is -0.217. The van der Waals surface area contributed by atoms with Gasteiger partial charge >= 0.3 is 0 Å². The standard InChI is InChI=1S/C23H28F2N/c1-26(2)21-9-10-22(26)12-16(11-21)13-23(17-5-3-7-19(24)14-17)18-6-4-8-20(25)15-18/h3-8,14-16,21-23H,9-13H2,1-2H3/q+1/t21-,22-/m0/s1. The van der Waals surface area contributed by atoms with Gasteiger partial charge in [0.2, 0.25) is 0 Å². The molecule has 2 fully saturated rings. The SMILES string of the molecule is C[N+]1(C)[C@H]2CC[C@H]1CC(CC(c1cccc(F)c1)c1cccc(F)c1)C2. The van der Waals surface area contributed by atoms with Crippen LogP contribution >= 0.6 is 0 Å². The Hall–Kier alpha value is -1.74. The van der Waals surface area contributed by atoms with Crippen molar-refractivity contribution in [2.24, 2.45) is 5.92 Å². The second kappa shape index (κ2) is 6.77. The average molecular weight is 356 g/mol. The Morgan fingerprint density at radius 1 is 0.885 bits per heavy atom. The highest BCUT2D eigenvalue weighted by molar-refractivity contribution is 5.33. The summed E-state index contributed by atoms with van der Waals surface area (Å²) in [6.07, 6.45) is 6.06. The van der Waals surface area contributed by atoms with Crippen LogP contribution in [0.3, 0.4) is 0 Å². The minimum absolute atomic E-state index is 0.0551. The lowest BCUT2D eigenvalue weighted by atomic mass is 9.78. The molecule has 2 heterocycles. The van der Waals surface area contributed by atoms with E-state index in [-0.39, 0.29) is 17.6 Å². The third-order valence-electron chi connectivity index (χ3n) is 7.00. The fraction of sp³-hybridized carbons (Fsp3) is 0.478. The number of hydrogen-bond acceptors (Lipinski definition) is 0. The Morgan fingerprint density at radius 2 is 1.38 bits per heavy atom. The van der Waals surface area contributed by atoms with Crippen molar-refractivity contribution in [3.63, 3.8) is 0 Å². The zero-order valence-corrected chi connectivity index (χ0v) is 15.7. The summed E-state index contributed by atoms with van der Waals surface area (Å²) in [6.45, 7) is 0. The number of quaternary nitrogens is 1. The summed E-state index contributed by atoms with van der Waals surface area (Å²) in [6, 6.07) is 15.2. The lowest BCUT2D eigenvalue weighted by molar-refractivity contribution is -0.931. The number of halogens is 2. The molecule has 0 amide bonds. The molecule has 2 aromatic rings. The molecule has 0 aliphatic carbocycles.